The van der Waals surface area contributed by atoms with Gasteiger partial charge < -0.3 is 15.4 Å². The molecule has 1 aromatic rings. The van der Waals surface area contributed by atoms with E-state index in [1.54, 1.807) is 7.11 Å². The van der Waals surface area contributed by atoms with Crippen molar-refractivity contribution < 1.29 is 4.74 Å². The standard InChI is InChI=1S/C12H17BrN2OS/c1-8-4-5-10(6-11(8)13)15-12(17)14-9(2)7-16-3/h4-6,9H,7H2,1-3H3,(H2,14,15,17). The first kappa shape index (κ1) is 14.4. The van der Waals surface area contributed by atoms with Gasteiger partial charge in [0.25, 0.3) is 0 Å². The first-order valence-electron chi connectivity index (χ1n) is 5.35. The molecule has 1 atom stereocenters. The predicted octanol–water partition coefficient (Wildman–Crippen LogP) is 3.08. The van der Waals surface area contributed by atoms with Crippen LogP contribution in [0.4, 0.5) is 5.69 Å². The van der Waals surface area contributed by atoms with E-state index < -0.39 is 0 Å². The average Bonchev–Trinajstić information content (AvgIpc) is 2.23. The summed E-state index contributed by atoms with van der Waals surface area (Å²) in [6, 6.07) is 6.22. The molecule has 0 amide bonds. The van der Waals surface area contributed by atoms with Crippen LogP contribution in [0.5, 0.6) is 0 Å². The number of rotatable bonds is 4. The number of anilines is 1. The SMILES string of the molecule is COCC(C)NC(=S)Nc1ccc(C)c(Br)c1. The number of aryl methyl sites for hydroxylation is 1. The monoisotopic (exact) mass is 316 g/mol. The van der Waals surface area contributed by atoms with Crippen LogP contribution in [0.2, 0.25) is 0 Å². The fraction of sp³-hybridized carbons (Fsp3) is 0.417. The third kappa shape index (κ3) is 5.02. The minimum Gasteiger partial charge on any atom is -0.383 e. The summed E-state index contributed by atoms with van der Waals surface area (Å²) in [6.07, 6.45) is 0. The van der Waals surface area contributed by atoms with Gasteiger partial charge in [-0.25, -0.2) is 0 Å². The lowest BCUT2D eigenvalue weighted by Gasteiger charge is -2.16. The molecule has 0 heterocycles. The van der Waals surface area contributed by atoms with Gasteiger partial charge in [0.05, 0.1) is 6.61 Å². The number of ether oxygens (including phenoxy) is 1. The molecular formula is C12H17BrN2OS. The molecule has 0 aliphatic carbocycles. The molecule has 1 unspecified atom stereocenters. The molecule has 1 rings (SSSR count). The lowest BCUT2D eigenvalue weighted by atomic mass is 10.2. The minimum absolute atomic E-state index is 0.189. The maximum absolute atomic E-state index is 5.21. The van der Waals surface area contributed by atoms with Crippen molar-refractivity contribution in [3.63, 3.8) is 0 Å². The summed E-state index contributed by atoms with van der Waals surface area (Å²) < 4.78 is 6.10. The molecule has 0 aliphatic rings. The highest BCUT2D eigenvalue weighted by molar-refractivity contribution is 9.10. The summed E-state index contributed by atoms with van der Waals surface area (Å²) in [6.45, 7) is 4.69. The second-order valence-corrected chi connectivity index (χ2v) is 5.18. The number of hydrogen-bond donors (Lipinski definition) is 2. The maximum atomic E-state index is 5.21. The fourth-order valence-electron chi connectivity index (χ4n) is 1.35. The van der Waals surface area contributed by atoms with Crippen LogP contribution in [0.15, 0.2) is 22.7 Å². The van der Waals surface area contributed by atoms with Gasteiger partial charge in [-0.15, -0.1) is 0 Å². The Kier molecular flexibility index (Phi) is 5.88. The number of methoxy groups -OCH3 is 1. The number of benzene rings is 1. The summed E-state index contributed by atoms with van der Waals surface area (Å²) in [4.78, 5) is 0. The number of nitrogens with one attached hydrogen (secondary N) is 2. The molecule has 2 N–H and O–H groups in total. The van der Waals surface area contributed by atoms with Gasteiger partial charge in [-0.1, -0.05) is 22.0 Å². The zero-order valence-electron chi connectivity index (χ0n) is 10.2. The molecule has 5 heteroatoms. The summed E-state index contributed by atoms with van der Waals surface area (Å²) >= 11 is 8.70. The first-order valence-corrected chi connectivity index (χ1v) is 6.55. The molecule has 0 saturated heterocycles. The maximum Gasteiger partial charge on any atom is 0.171 e. The first-order chi connectivity index (χ1) is 8.02. The topological polar surface area (TPSA) is 33.3 Å². The van der Waals surface area contributed by atoms with E-state index in [0.29, 0.717) is 11.7 Å². The van der Waals surface area contributed by atoms with Crippen LogP contribution in [0.1, 0.15) is 12.5 Å². The molecule has 0 saturated carbocycles. The number of hydrogen-bond acceptors (Lipinski definition) is 2. The normalized spacial score (nSPS) is 12.0. The smallest absolute Gasteiger partial charge is 0.171 e. The van der Waals surface area contributed by atoms with Crippen molar-refractivity contribution in [1.29, 1.82) is 0 Å². The van der Waals surface area contributed by atoms with Crippen molar-refractivity contribution in [3.05, 3.63) is 28.2 Å². The largest absolute Gasteiger partial charge is 0.383 e. The van der Waals surface area contributed by atoms with Crippen molar-refractivity contribution in [2.45, 2.75) is 19.9 Å². The molecule has 0 radical (unpaired) electrons. The fourth-order valence-corrected chi connectivity index (χ4v) is 2.05. The highest BCUT2D eigenvalue weighted by Gasteiger charge is 2.04. The third-order valence-electron chi connectivity index (χ3n) is 2.22. The Morgan fingerprint density at radius 3 is 2.82 bits per heavy atom. The van der Waals surface area contributed by atoms with Crippen LogP contribution in [-0.2, 0) is 4.74 Å². The zero-order valence-corrected chi connectivity index (χ0v) is 12.6. The molecule has 0 aliphatic heterocycles. The van der Waals surface area contributed by atoms with E-state index in [1.165, 1.54) is 5.56 Å². The Morgan fingerprint density at radius 1 is 1.53 bits per heavy atom. The third-order valence-corrected chi connectivity index (χ3v) is 3.30. The molecule has 0 bridgehead atoms. The van der Waals surface area contributed by atoms with Gasteiger partial charge in [0.2, 0.25) is 0 Å². The van der Waals surface area contributed by atoms with E-state index in [-0.39, 0.29) is 6.04 Å². The second-order valence-electron chi connectivity index (χ2n) is 3.92. The average molecular weight is 317 g/mol. The summed E-state index contributed by atoms with van der Waals surface area (Å²) in [5.41, 5.74) is 2.16. The van der Waals surface area contributed by atoms with Crippen molar-refractivity contribution >= 4 is 38.9 Å². The van der Waals surface area contributed by atoms with Gasteiger partial charge >= 0.3 is 0 Å². The van der Waals surface area contributed by atoms with Gasteiger partial charge in [-0.2, -0.15) is 0 Å². The quantitative estimate of drug-likeness (QED) is 0.836. The molecule has 1 aromatic carbocycles. The van der Waals surface area contributed by atoms with Gasteiger partial charge in [-0.3, -0.25) is 0 Å². The molecule has 17 heavy (non-hydrogen) atoms. The zero-order chi connectivity index (χ0) is 12.8. The Bertz CT molecular complexity index is 398. The van der Waals surface area contributed by atoms with E-state index >= 15 is 0 Å². The lowest BCUT2D eigenvalue weighted by Crippen LogP contribution is -2.38. The van der Waals surface area contributed by atoms with E-state index in [9.17, 15) is 0 Å². The summed E-state index contributed by atoms with van der Waals surface area (Å²) in [5.74, 6) is 0. The van der Waals surface area contributed by atoms with Crippen LogP contribution in [0, 0.1) is 6.92 Å². The Morgan fingerprint density at radius 2 is 2.24 bits per heavy atom. The highest BCUT2D eigenvalue weighted by atomic mass is 79.9. The van der Waals surface area contributed by atoms with Crippen LogP contribution in [0.25, 0.3) is 0 Å². The van der Waals surface area contributed by atoms with E-state index in [1.807, 2.05) is 32.0 Å². The van der Waals surface area contributed by atoms with Crippen molar-refractivity contribution in [1.82, 2.24) is 5.32 Å². The molecule has 3 nitrogen and oxygen atoms in total. The molecular weight excluding hydrogens is 300 g/mol. The Balaban J connectivity index is 2.53. The van der Waals surface area contributed by atoms with E-state index in [4.69, 9.17) is 17.0 Å². The summed E-state index contributed by atoms with van der Waals surface area (Å²) in [7, 11) is 1.67. The van der Waals surface area contributed by atoms with Crippen LogP contribution >= 0.6 is 28.1 Å². The second kappa shape index (κ2) is 6.93. The highest BCUT2D eigenvalue weighted by Crippen LogP contribution is 2.20. The van der Waals surface area contributed by atoms with Gasteiger partial charge in [0.1, 0.15) is 0 Å². The van der Waals surface area contributed by atoms with Crippen molar-refractivity contribution in [2.24, 2.45) is 0 Å². The minimum atomic E-state index is 0.189. The van der Waals surface area contributed by atoms with Crippen LogP contribution in [-0.4, -0.2) is 24.9 Å². The number of halogens is 1. The summed E-state index contributed by atoms with van der Waals surface area (Å²) in [5, 5.41) is 6.88. The van der Waals surface area contributed by atoms with Gasteiger partial charge in [0.15, 0.2) is 5.11 Å². The van der Waals surface area contributed by atoms with Crippen LogP contribution in [0.3, 0.4) is 0 Å². The van der Waals surface area contributed by atoms with E-state index in [2.05, 4.69) is 26.6 Å². The van der Waals surface area contributed by atoms with Gasteiger partial charge in [0, 0.05) is 23.3 Å². The van der Waals surface area contributed by atoms with Crippen LogP contribution < -0.4 is 10.6 Å². The number of thiocarbonyl (C=S) groups is 1. The molecule has 0 aromatic heterocycles. The van der Waals surface area contributed by atoms with Gasteiger partial charge in [-0.05, 0) is 43.8 Å². The molecule has 0 fully saturated rings. The lowest BCUT2D eigenvalue weighted by molar-refractivity contribution is 0.179. The predicted molar refractivity (Wildman–Crippen MR) is 79.6 cm³/mol. The Hall–Kier alpha value is -0.650. The Labute approximate surface area is 116 Å². The van der Waals surface area contributed by atoms with Crippen molar-refractivity contribution in [2.75, 3.05) is 19.0 Å². The molecule has 94 valence electrons. The van der Waals surface area contributed by atoms with E-state index in [0.717, 1.165) is 10.2 Å². The molecule has 0 spiro atoms. The van der Waals surface area contributed by atoms with Crippen molar-refractivity contribution in [3.8, 4) is 0 Å².